The van der Waals surface area contributed by atoms with E-state index in [4.69, 9.17) is 37.4 Å². The van der Waals surface area contributed by atoms with Crippen molar-refractivity contribution in [3.8, 4) is 11.5 Å². The lowest BCUT2D eigenvalue weighted by Crippen LogP contribution is -2.55. The van der Waals surface area contributed by atoms with Crippen molar-refractivity contribution in [1.29, 1.82) is 0 Å². The fourth-order valence-corrected chi connectivity index (χ4v) is 3.35. The summed E-state index contributed by atoms with van der Waals surface area (Å²) < 4.78 is 16.4. The minimum absolute atomic E-state index is 0. The predicted octanol–water partition coefficient (Wildman–Crippen LogP) is 5.02. The molecule has 11 heteroatoms. The normalized spacial score (nSPS) is 18.8. The number of ether oxygens (including phenoxy) is 3. The van der Waals surface area contributed by atoms with Crippen LogP contribution in [-0.4, -0.2) is 64.9 Å². The highest BCUT2D eigenvalue weighted by atomic mass is 35.5. The number of likely N-dealkylation sites (tertiary alicyclic amines) is 1. The van der Waals surface area contributed by atoms with Gasteiger partial charge in [-0.1, -0.05) is 23.2 Å². The molecular formula is C23H31Cl3N4O4. The van der Waals surface area contributed by atoms with Crippen LogP contribution in [0.2, 0.25) is 10.3 Å². The van der Waals surface area contributed by atoms with Gasteiger partial charge in [-0.2, -0.15) is 0 Å². The van der Waals surface area contributed by atoms with E-state index in [1.807, 2.05) is 32.9 Å². The first-order valence-corrected chi connectivity index (χ1v) is 11.7. The molecule has 188 valence electrons. The molecule has 34 heavy (non-hydrogen) atoms. The third-order valence-corrected chi connectivity index (χ3v) is 5.59. The highest BCUT2D eigenvalue weighted by Crippen LogP contribution is 2.25. The van der Waals surface area contributed by atoms with Crippen LogP contribution in [0.5, 0.6) is 11.5 Å². The van der Waals surface area contributed by atoms with E-state index in [9.17, 15) is 4.79 Å². The zero-order valence-electron chi connectivity index (χ0n) is 19.5. The van der Waals surface area contributed by atoms with Gasteiger partial charge in [0.25, 0.3) is 0 Å². The molecule has 4 rings (SSSR count). The number of carbonyl (C=O) groups excluding carboxylic acids is 1. The first-order valence-electron chi connectivity index (χ1n) is 10.9. The van der Waals surface area contributed by atoms with E-state index in [2.05, 4.69) is 15.3 Å². The number of halogens is 3. The molecule has 0 unspecified atom stereocenters. The molecule has 2 aliphatic heterocycles. The first-order chi connectivity index (χ1) is 15.7. The van der Waals surface area contributed by atoms with Crippen molar-refractivity contribution in [2.24, 2.45) is 0 Å². The van der Waals surface area contributed by atoms with Crippen molar-refractivity contribution >= 4 is 41.7 Å². The fraction of sp³-hybridized carbons (Fsp3) is 0.522. The summed E-state index contributed by atoms with van der Waals surface area (Å²) in [5.41, 5.74) is -0.481. The lowest BCUT2D eigenvalue weighted by atomic mass is 10.1. The van der Waals surface area contributed by atoms with Crippen LogP contribution >= 0.6 is 35.6 Å². The van der Waals surface area contributed by atoms with Gasteiger partial charge >= 0.3 is 6.09 Å². The Hall–Kier alpha value is -2.00. The number of carbonyl (C=O) groups is 1. The minimum atomic E-state index is -0.481. The number of hydrogen-bond donors (Lipinski definition) is 1. The Balaban J connectivity index is 0.000000253. The molecule has 4 heterocycles. The number of hydrogen-bond acceptors (Lipinski definition) is 7. The molecule has 0 bridgehead atoms. The summed E-state index contributed by atoms with van der Waals surface area (Å²) in [6.45, 7) is 8.41. The van der Waals surface area contributed by atoms with Gasteiger partial charge in [-0.05, 0) is 64.4 Å². The van der Waals surface area contributed by atoms with Crippen molar-refractivity contribution < 1.29 is 19.0 Å². The molecule has 0 radical (unpaired) electrons. The molecule has 0 saturated carbocycles. The summed E-state index contributed by atoms with van der Waals surface area (Å²) >= 11 is 11.7. The van der Waals surface area contributed by atoms with Gasteiger partial charge in [0.05, 0.1) is 6.04 Å². The third-order valence-electron chi connectivity index (χ3n) is 5.02. The summed E-state index contributed by atoms with van der Waals surface area (Å²) in [6.07, 6.45) is 5.03. The molecule has 2 fully saturated rings. The Kier molecular flexibility index (Phi) is 11.0. The zero-order chi connectivity index (χ0) is 23.8. The van der Waals surface area contributed by atoms with Crippen LogP contribution in [0, 0.1) is 0 Å². The zero-order valence-corrected chi connectivity index (χ0v) is 21.8. The summed E-state index contributed by atoms with van der Waals surface area (Å²) in [5, 5.41) is 4.01. The molecule has 1 amide bonds. The second-order valence-corrected chi connectivity index (χ2v) is 9.48. The lowest BCUT2D eigenvalue weighted by Gasteiger charge is -2.41. The molecule has 1 N–H and O–H groups in total. The van der Waals surface area contributed by atoms with Crippen LogP contribution in [0.25, 0.3) is 0 Å². The summed E-state index contributed by atoms with van der Waals surface area (Å²) in [4.78, 5) is 21.5. The molecular weight excluding hydrogens is 503 g/mol. The molecule has 0 spiro atoms. The molecule has 0 aromatic carbocycles. The second kappa shape index (κ2) is 13.2. The summed E-state index contributed by atoms with van der Waals surface area (Å²) in [7, 11) is 0. The molecule has 2 aromatic rings. The van der Waals surface area contributed by atoms with Gasteiger partial charge in [0, 0.05) is 25.0 Å². The van der Waals surface area contributed by atoms with Crippen LogP contribution in [0.15, 0.2) is 36.7 Å². The van der Waals surface area contributed by atoms with E-state index in [1.165, 1.54) is 6.42 Å². The van der Waals surface area contributed by atoms with Gasteiger partial charge in [0.1, 0.15) is 18.8 Å². The smallest absolute Gasteiger partial charge is 0.410 e. The number of nitrogens with one attached hydrogen (secondary N) is 1. The van der Waals surface area contributed by atoms with Crippen molar-refractivity contribution in [2.45, 2.75) is 51.3 Å². The molecule has 0 aliphatic carbocycles. The van der Waals surface area contributed by atoms with Gasteiger partial charge < -0.3 is 24.4 Å². The minimum Gasteiger partial charge on any atom is -0.489 e. The molecule has 2 atom stereocenters. The number of pyridine rings is 2. The Morgan fingerprint density at radius 2 is 1.62 bits per heavy atom. The van der Waals surface area contributed by atoms with E-state index in [0.29, 0.717) is 47.6 Å². The van der Waals surface area contributed by atoms with Gasteiger partial charge in [0.2, 0.25) is 0 Å². The van der Waals surface area contributed by atoms with E-state index < -0.39 is 5.60 Å². The third kappa shape index (κ3) is 8.65. The van der Waals surface area contributed by atoms with E-state index in [0.717, 1.165) is 13.0 Å². The Morgan fingerprint density at radius 1 is 1.06 bits per heavy atom. The molecule has 2 saturated heterocycles. The average molecular weight is 534 g/mol. The van der Waals surface area contributed by atoms with Gasteiger partial charge in [-0.25, -0.2) is 14.8 Å². The molecule has 2 aromatic heterocycles. The first kappa shape index (κ1) is 28.2. The maximum atomic E-state index is 11.9. The Labute approximate surface area is 216 Å². The molecule has 2 aliphatic rings. The van der Waals surface area contributed by atoms with Crippen molar-refractivity contribution in [3.63, 3.8) is 0 Å². The second-order valence-electron chi connectivity index (χ2n) is 8.76. The maximum Gasteiger partial charge on any atom is 0.410 e. The van der Waals surface area contributed by atoms with Crippen molar-refractivity contribution in [2.75, 3.05) is 26.3 Å². The quantitative estimate of drug-likeness (QED) is 0.522. The topological polar surface area (TPSA) is 85.8 Å². The van der Waals surface area contributed by atoms with Crippen LogP contribution < -0.4 is 14.8 Å². The SMILES string of the molecule is CC(C)(C)OC(=O)N1CC[C@H]1COc1cccnc1Cl.Cl.Clc1ncccc1OC[C@@H]1CCN1. The number of nitrogens with zero attached hydrogens (tertiary/aromatic N) is 3. The molecule has 8 nitrogen and oxygen atoms in total. The number of amides is 1. The number of aromatic nitrogens is 2. The highest BCUT2D eigenvalue weighted by Gasteiger charge is 2.35. The van der Waals surface area contributed by atoms with Crippen LogP contribution in [0.4, 0.5) is 4.79 Å². The van der Waals surface area contributed by atoms with E-state index >= 15 is 0 Å². The van der Waals surface area contributed by atoms with E-state index in [-0.39, 0.29) is 24.5 Å². The van der Waals surface area contributed by atoms with Crippen LogP contribution in [0.1, 0.15) is 33.6 Å². The van der Waals surface area contributed by atoms with Crippen molar-refractivity contribution in [3.05, 3.63) is 47.0 Å². The lowest BCUT2D eigenvalue weighted by molar-refractivity contribution is -0.0141. The predicted molar refractivity (Wildman–Crippen MR) is 134 cm³/mol. The van der Waals surface area contributed by atoms with E-state index in [1.54, 1.807) is 29.4 Å². The summed E-state index contributed by atoms with van der Waals surface area (Å²) in [5.74, 6) is 1.20. The highest BCUT2D eigenvalue weighted by molar-refractivity contribution is 6.31. The van der Waals surface area contributed by atoms with Gasteiger partial charge in [0.15, 0.2) is 21.8 Å². The standard InChI is InChI=1S/C14H19ClN2O3.C9H11ClN2O.ClH/c1-14(2,3)20-13(18)17-8-6-10(17)9-19-11-5-4-7-16-12(11)15;10-9-8(2-1-4-12-9)13-6-7-3-5-11-7;/h4-5,7,10H,6,8-9H2,1-3H3;1-2,4,7,11H,3,5-6H2;1H/t10-;7-;/m00./s1. The maximum absolute atomic E-state index is 11.9. The summed E-state index contributed by atoms with van der Waals surface area (Å²) in [6, 6.07) is 7.67. The van der Waals surface area contributed by atoms with Crippen LogP contribution in [-0.2, 0) is 4.74 Å². The van der Waals surface area contributed by atoms with Crippen LogP contribution in [0.3, 0.4) is 0 Å². The van der Waals surface area contributed by atoms with Gasteiger partial charge in [-0.3, -0.25) is 0 Å². The Bertz CT molecular complexity index is 925. The largest absolute Gasteiger partial charge is 0.489 e. The average Bonchev–Trinajstić information content (AvgIpc) is 2.68. The Morgan fingerprint density at radius 3 is 2.03 bits per heavy atom. The van der Waals surface area contributed by atoms with Gasteiger partial charge in [-0.15, -0.1) is 12.4 Å². The monoisotopic (exact) mass is 532 g/mol. The fourth-order valence-electron chi connectivity index (χ4n) is 3.00. The number of rotatable bonds is 6. The van der Waals surface area contributed by atoms with Crippen molar-refractivity contribution in [1.82, 2.24) is 20.2 Å².